The summed E-state index contributed by atoms with van der Waals surface area (Å²) in [7, 11) is 1.94. The number of aryl methyl sites for hydroxylation is 3. The smallest absolute Gasteiger partial charge is 0.111 e. The van der Waals surface area contributed by atoms with Crippen LogP contribution in [0.25, 0.3) is 0 Å². The van der Waals surface area contributed by atoms with Crippen LogP contribution < -0.4 is 0 Å². The lowest BCUT2D eigenvalue weighted by Crippen LogP contribution is -2.07. The van der Waals surface area contributed by atoms with E-state index < -0.39 is 6.10 Å². The average Bonchev–Trinajstić information content (AvgIpc) is 2.68. The molecule has 1 atom stereocenters. The van der Waals surface area contributed by atoms with Gasteiger partial charge in [-0.25, -0.2) is 4.98 Å². The Labute approximate surface area is 102 Å². The van der Waals surface area contributed by atoms with E-state index in [1.807, 2.05) is 36.0 Å². The third-order valence-electron chi connectivity index (χ3n) is 3.21. The van der Waals surface area contributed by atoms with Gasteiger partial charge in [0.25, 0.3) is 0 Å². The molecular weight excluding hydrogens is 212 g/mol. The third-order valence-corrected chi connectivity index (χ3v) is 3.21. The van der Waals surface area contributed by atoms with Crippen LogP contribution in [0.5, 0.6) is 0 Å². The van der Waals surface area contributed by atoms with Crippen LogP contribution in [0, 0.1) is 13.8 Å². The Morgan fingerprint density at radius 2 is 2.06 bits per heavy atom. The molecule has 90 valence electrons. The van der Waals surface area contributed by atoms with Crippen molar-refractivity contribution in [2.75, 3.05) is 0 Å². The molecule has 17 heavy (non-hydrogen) atoms. The van der Waals surface area contributed by atoms with Gasteiger partial charge in [-0.1, -0.05) is 18.2 Å². The zero-order chi connectivity index (χ0) is 12.4. The molecule has 1 aromatic heterocycles. The van der Waals surface area contributed by atoms with Gasteiger partial charge in [0.15, 0.2) is 0 Å². The van der Waals surface area contributed by atoms with Crippen LogP contribution in [-0.4, -0.2) is 14.7 Å². The molecule has 1 heterocycles. The van der Waals surface area contributed by atoms with Crippen molar-refractivity contribution in [2.24, 2.45) is 7.05 Å². The second kappa shape index (κ2) is 4.72. The van der Waals surface area contributed by atoms with E-state index >= 15 is 0 Å². The van der Waals surface area contributed by atoms with Crippen LogP contribution in [-0.2, 0) is 13.5 Å². The van der Waals surface area contributed by atoms with E-state index in [0.29, 0.717) is 6.42 Å². The molecule has 0 radical (unpaired) electrons. The first-order chi connectivity index (χ1) is 8.08. The molecule has 3 nitrogen and oxygen atoms in total. The Morgan fingerprint density at radius 3 is 2.65 bits per heavy atom. The average molecular weight is 230 g/mol. The lowest BCUT2D eigenvalue weighted by molar-refractivity contribution is 0.175. The Kier molecular flexibility index (Phi) is 3.29. The summed E-state index contributed by atoms with van der Waals surface area (Å²) in [6.07, 6.45) is 3.70. The van der Waals surface area contributed by atoms with Crippen molar-refractivity contribution in [1.82, 2.24) is 9.55 Å². The Balaban J connectivity index is 2.17. The summed E-state index contributed by atoms with van der Waals surface area (Å²) in [5.74, 6) is 0.899. The van der Waals surface area contributed by atoms with Crippen LogP contribution in [0.15, 0.2) is 30.6 Å². The fourth-order valence-electron chi connectivity index (χ4n) is 1.86. The lowest BCUT2D eigenvalue weighted by atomic mass is 10.0. The number of aliphatic hydroxyl groups excluding tert-OH is 1. The summed E-state index contributed by atoms with van der Waals surface area (Å²) in [6, 6.07) is 6.07. The molecule has 0 bridgehead atoms. The molecule has 0 spiro atoms. The molecule has 0 saturated carbocycles. The minimum Gasteiger partial charge on any atom is -0.388 e. The third kappa shape index (κ3) is 2.56. The molecule has 2 aromatic rings. The first kappa shape index (κ1) is 11.9. The van der Waals surface area contributed by atoms with Gasteiger partial charge in [0.2, 0.25) is 0 Å². The molecule has 0 aliphatic carbocycles. The van der Waals surface area contributed by atoms with E-state index in [9.17, 15) is 5.11 Å². The maximum atomic E-state index is 10.2. The number of imidazole rings is 1. The van der Waals surface area contributed by atoms with Gasteiger partial charge in [-0.2, -0.15) is 0 Å². The van der Waals surface area contributed by atoms with Gasteiger partial charge in [-0.15, -0.1) is 0 Å². The normalized spacial score (nSPS) is 12.7. The lowest BCUT2D eigenvalue weighted by Gasteiger charge is -2.12. The highest BCUT2D eigenvalue weighted by molar-refractivity contribution is 5.31. The second-order valence-corrected chi connectivity index (χ2v) is 4.52. The number of aliphatic hydroxyl groups is 1. The Morgan fingerprint density at radius 1 is 1.29 bits per heavy atom. The summed E-state index contributed by atoms with van der Waals surface area (Å²) in [4.78, 5) is 4.22. The van der Waals surface area contributed by atoms with Gasteiger partial charge in [0.05, 0.1) is 6.10 Å². The molecule has 0 aliphatic heterocycles. The summed E-state index contributed by atoms with van der Waals surface area (Å²) in [6.45, 7) is 4.14. The van der Waals surface area contributed by atoms with Crippen LogP contribution >= 0.6 is 0 Å². The molecule has 0 saturated heterocycles. The number of hydrogen-bond donors (Lipinski definition) is 1. The number of hydrogen-bond acceptors (Lipinski definition) is 2. The van der Waals surface area contributed by atoms with Gasteiger partial charge >= 0.3 is 0 Å². The summed E-state index contributed by atoms with van der Waals surface area (Å²) >= 11 is 0. The second-order valence-electron chi connectivity index (χ2n) is 4.52. The number of aromatic nitrogens is 2. The number of rotatable bonds is 3. The van der Waals surface area contributed by atoms with Crippen LogP contribution in [0.4, 0.5) is 0 Å². The van der Waals surface area contributed by atoms with Gasteiger partial charge in [-0.3, -0.25) is 0 Å². The molecule has 0 amide bonds. The standard InChI is InChI=1S/C14H18N2O/c1-10-4-5-12(8-11(10)2)13(17)9-14-15-6-7-16(14)3/h4-8,13,17H,9H2,1-3H3. The minimum atomic E-state index is -0.490. The zero-order valence-corrected chi connectivity index (χ0v) is 10.5. The van der Waals surface area contributed by atoms with Crippen molar-refractivity contribution in [3.8, 4) is 0 Å². The van der Waals surface area contributed by atoms with E-state index in [1.54, 1.807) is 6.20 Å². The molecule has 0 fully saturated rings. The molecule has 2 rings (SSSR count). The quantitative estimate of drug-likeness (QED) is 0.878. The maximum absolute atomic E-state index is 10.2. The van der Waals surface area contributed by atoms with Crippen LogP contribution in [0.2, 0.25) is 0 Å². The van der Waals surface area contributed by atoms with E-state index in [1.165, 1.54) is 11.1 Å². The van der Waals surface area contributed by atoms with Crippen LogP contribution in [0.1, 0.15) is 28.6 Å². The van der Waals surface area contributed by atoms with Crippen molar-refractivity contribution in [3.63, 3.8) is 0 Å². The van der Waals surface area contributed by atoms with Gasteiger partial charge in [0.1, 0.15) is 5.82 Å². The van der Waals surface area contributed by atoms with Gasteiger partial charge in [-0.05, 0) is 30.5 Å². The molecule has 1 unspecified atom stereocenters. The first-order valence-corrected chi connectivity index (χ1v) is 5.79. The van der Waals surface area contributed by atoms with Crippen molar-refractivity contribution in [1.29, 1.82) is 0 Å². The van der Waals surface area contributed by atoms with Crippen molar-refractivity contribution in [2.45, 2.75) is 26.4 Å². The highest BCUT2D eigenvalue weighted by Crippen LogP contribution is 2.20. The number of benzene rings is 1. The Bertz CT molecular complexity index is 517. The molecule has 1 N–H and O–H groups in total. The topological polar surface area (TPSA) is 38.1 Å². The van der Waals surface area contributed by atoms with E-state index in [4.69, 9.17) is 0 Å². The summed E-state index contributed by atoms with van der Waals surface area (Å²) in [5.41, 5.74) is 3.41. The molecule has 1 aromatic carbocycles. The zero-order valence-electron chi connectivity index (χ0n) is 10.5. The first-order valence-electron chi connectivity index (χ1n) is 5.79. The monoisotopic (exact) mass is 230 g/mol. The minimum absolute atomic E-state index is 0.490. The van der Waals surface area contributed by atoms with Crippen molar-refractivity contribution < 1.29 is 5.11 Å². The molecule has 3 heteroatoms. The summed E-state index contributed by atoms with van der Waals surface area (Å²) < 4.78 is 1.93. The molecular formula is C14H18N2O. The fourth-order valence-corrected chi connectivity index (χ4v) is 1.86. The highest BCUT2D eigenvalue weighted by atomic mass is 16.3. The van der Waals surface area contributed by atoms with E-state index in [2.05, 4.69) is 18.8 Å². The van der Waals surface area contributed by atoms with E-state index in [-0.39, 0.29) is 0 Å². The Hall–Kier alpha value is -1.61. The van der Waals surface area contributed by atoms with Crippen molar-refractivity contribution in [3.05, 3.63) is 53.1 Å². The highest BCUT2D eigenvalue weighted by Gasteiger charge is 2.11. The number of nitrogens with zero attached hydrogens (tertiary/aromatic N) is 2. The summed E-state index contributed by atoms with van der Waals surface area (Å²) in [5, 5.41) is 10.2. The van der Waals surface area contributed by atoms with E-state index in [0.717, 1.165) is 11.4 Å². The van der Waals surface area contributed by atoms with Crippen molar-refractivity contribution >= 4 is 0 Å². The maximum Gasteiger partial charge on any atom is 0.111 e. The van der Waals surface area contributed by atoms with Crippen LogP contribution in [0.3, 0.4) is 0 Å². The van der Waals surface area contributed by atoms with Gasteiger partial charge in [0, 0.05) is 25.9 Å². The predicted octanol–water partition coefficient (Wildman–Crippen LogP) is 2.31. The molecule has 0 aliphatic rings. The predicted molar refractivity (Wildman–Crippen MR) is 67.8 cm³/mol. The van der Waals surface area contributed by atoms with Gasteiger partial charge < -0.3 is 9.67 Å². The largest absolute Gasteiger partial charge is 0.388 e. The SMILES string of the molecule is Cc1ccc(C(O)Cc2nccn2C)cc1C. The fraction of sp³-hybridized carbons (Fsp3) is 0.357.